The smallest absolute Gasteiger partial charge is 0.272 e. The topological polar surface area (TPSA) is 66.8 Å². The number of amides is 1. The van der Waals surface area contributed by atoms with E-state index >= 15 is 0 Å². The molecule has 3 heterocycles. The highest BCUT2D eigenvalue weighted by Crippen LogP contribution is 2.36. The van der Waals surface area contributed by atoms with E-state index in [2.05, 4.69) is 22.0 Å². The lowest BCUT2D eigenvalue weighted by Gasteiger charge is -2.24. The van der Waals surface area contributed by atoms with Gasteiger partial charge in [0.15, 0.2) is 0 Å². The van der Waals surface area contributed by atoms with Crippen LogP contribution in [0.2, 0.25) is 0 Å². The van der Waals surface area contributed by atoms with Crippen LogP contribution in [0.25, 0.3) is 0 Å². The quantitative estimate of drug-likeness (QED) is 0.906. The van der Waals surface area contributed by atoms with Crippen molar-refractivity contribution in [1.29, 1.82) is 0 Å². The number of likely N-dealkylation sites (tertiary alicyclic amines) is 1. The van der Waals surface area contributed by atoms with Gasteiger partial charge in [-0.3, -0.25) is 9.48 Å². The Kier molecular flexibility index (Phi) is 3.08. The van der Waals surface area contributed by atoms with Gasteiger partial charge in [0.25, 0.3) is 5.91 Å². The van der Waals surface area contributed by atoms with E-state index in [1.54, 1.807) is 12.5 Å². The molecule has 0 radical (unpaired) electrons. The highest BCUT2D eigenvalue weighted by atomic mass is 16.2. The number of carbonyl (C=O) groups excluding carboxylic acids is 1. The Morgan fingerprint density at radius 1 is 1.45 bits per heavy atom. The average Bonchev–Trinajstić information content (AvgIpc) is 3.12. The van der Waals surface area contributed by atoms with Gasteiger partial charge in [-0.15, -0.1) is 0 Å². The molecule has 1 unspecified atom stereocenters. The van der Waals surface area contributed by atoms with Crippen LogP contribution in [0.1, 0.15) is 46.3 Å². The molecule has 6 heteroatoms. The van der Waals surface area contributed by atoms with Crippen molar-refractivity contribution in [3.8, 4) is 0 Å². The molecule has 1 N–H and O–H groups in total. The van der Waals surface area contributed by atoms with Gasteiger partial charge in [0.1, 0.15) is 5.69 Å². The largest absolute Gasteiger partial charge is 0.341 e. The van der Waals surface area contributed by atoms with Gasteiger partial charge in [-0.1, -0.05) is 0 Å². The predicted octanol–water partition coefficient (Wildman–Crippen LogP) is 1.74. The van der Waals surface area contributed by atoms with Crippen molar-refractivity contribution in [1.82, 2.24) is 24.6 Å². The summed E-state index contributed by atoms with van der Waals surface area (Å²) >= 11 is 0. The molecule has 1 saturated heterocycles. The lowest BCUT2D eigenvalue weighted by Crippen LogP contribution is -2.31. The van der Waals surface area contributed by atoms with Crippen molar-refractivity contribution in [2.75, 3.05) is 6.54 Å². The second-order valence-corrected chi connectivity index (χ2v) is 5.33. The molecule has 1 aliphatic rings. The van der Waals surface area contributed by atoms with Crippen LogP contribution in [0, 0.1) is 13.8 Å². The summed E-state index contributed by atoms with van der Waals surface area (Å²) in [6.07, 6.45) is 5.14. The molecule has 20 heavy (non-hydrogen) atoms. The lowest BCUT2D eigenvalue weighted by molar-refractivity contribution is 0.0729. The van der Waals surface area contributed by atoms with Crippen LogP contribution in [-0.4, -0.2) is 37.1 Å². The summed E-state index contributed by atoms with van der Waals surface area (Å²) < 4.78 is 1.89. The van der Waals surface area contributed by atoms with E-state index in [1.165, 1.54) is 5.56 Å². The number of carbonyl (C=O) groups is 1. The average molecular weight is 273 g/mol. The van der Waals surface area contributed by atoms with Gasteiger partial charge in [-0.05, 0) is 26.7 Å². The summed E-state index contributed by atoms with van der Waals surface area (Å²) in [7, 11) is 1.95. The zero-order valence-electron chi connectivity index (χ0n) is 12.1. The van der Waals surface area contributed by atoms with Crippen molar-refractivity contribution < 1.29 is 4.79 Å². The van der Waals surface area contributed by atoms with E-state index in [9.17, 15) is 4.79 Å². The zero-order valence-corrected chi connectivity index (χ0v) is 12.1. The third kappa shape index (κ3) is 1.92. The summed E-state index contributed by atoms with van der Waals surface area (Å²) in [4.78, 5) is 21.3. The van der Waals surface area contributed by atoms with E-state index < -0.39 is 0 Å². The Morgan fingerprint density at radius 3 is 2.85 bits per heavy atom. The van der Waals surface area contributed by atoms with Crippen LogP contribution in [0.15, 0.2) is 12.5 Å². The summed E-state index contributed by atoms with van der Waals surface area (Å²) in [6, 6.07) is 0.125. The monoisotopic (exact) mass is 273 g/mol. The van der Waals surface area contributed by atoms with Crippen LogP contribution in [0.4, 0.5) is 0 Å². The molecule has 0 aliphatic carbocycles. The number of nitrogens with zero attached hydrogens (tertiary/aromatic N) is 4. The second-order valence-electron chi connectivity index (χ2n) is 5.33. The summed E-state index contributed by atoms with van der Waals surface area (Å²) in [5.41, 5.74) is 3.89. The highest BCUT2D eigenvalue weighted by Gasteiger charge is 2.34. The van der Waals surface area contributed by atoms with Crippen molar-refractivity contribution in [3.05, 3.63) is 35.2 Å². The SMILES string of the molecule is Cc1nn(C)c(C)c1C1CCCN1C(=O)c1cnc[nH]1. The first kappa shape index (κ1) is 12.9. The fourth-order valence-corrected chi connectivity index (χ4v) is 3.11. The van der Waals surface area contributed by atoms with Gasteiger partial charge < -0.3 is 9.88 Å². The molecular formula is C14H19N5O. The Bertz CT molecular complexity index is 628. The molecule has 0 aromatic carbocycles. The molecule has 0 spiro atoms. The molecule has 1 aliphatic heterocycles. The molecule has 3 rings (SSSR count). The van der Waals surface area contributed by atoms with Crippen molar-refractivity contribution >= 4 is 5.91 Å². The van der Waals surface area contributed by atoms with Crippen molar-refractivity contribution in [2.45, 2.75) is 32.7 Å². The predicted molar refractivity (Wildman–Crippen MR) is 74.3 cm³/mol. The minimum Gasteiger partial charge on any atom is -0.341 e. The number of hydrogen-bond donors (Lipinski definition) is 1. The van der Waals surface area contributed by atoms with Crippen molar-refractivity contribution in [2.24, 2.45) is 7.05 Å². The first-order chi connectivity index (χ1) is 9.59. The number of aryl methyl sites for hydroxylation is 2. The number of hydrogen-bond acceptors (Lipinski definition) is 3. The second kappa shape index (κ2) is 4.77. The fourth-order valence-electron chi connectivity index (χ4n) is 3.11. The maximum atomic E-state index is 12.5. The Balaban J connectivity index is 1.95. The van der Waals surface area contributed by atoms with Gasteiger partial charge in [0, 0.05) is 24.8 Å². The molecule has 106 valence electrons. The summed E-state index contributed by atoms with van der Waals surface area (Å²) in [5.74, 6) is 0.0210. The summed E-state index contributed by atoms with van der Waals surface area (Å²) in [6.45, 7) is 4.86. The molecular weight excluding hydrogens is 254 g/mol. The Labute approximate surface area is 117 Å². The van der Waals surface area contributed by atoms with Crippen LogP contribution >= 0.6 is 0 Å². The van der Waals surface area contributed by atoms with Gasteiger partial charge >= 0.3 is 0 Å². The molecule has 1 fully saturated rings. The van der Waals surface area contributed by atoms with Gasteiger partial charge in [-0.2, -0.15) is 5.10 Å². The molecule has 1 amide bonds. The molecule has 1 atom stereocenters. The van der Waals surface area contributed by atoms with Crippen LogP contribution in [0.5, 0.6) is 0 Å². The van der Waals surface area contributed by atoms with E-state index in [0.29, 0.717) is 5.69 Å². The maximum absolute atomic E-state index is 12.5. The molecule has 0 bridgehead atoms. The minimum atomic E-state index is 0.0210. The Hall–Kier alpha value is -2.11. The number of rotatable bonds is 2. The number of aromatic amines is 1. The van der Waals surface area contributed by atoms with Crippen LogP contribution in [0.3, 0.4) is 0 Å². The summed E-state index contributed by atoms with van der Waals surface area (Å²) in [5, 5.41) is 4.47. The lowest BCUT2D eigenvalue weighted by atomic mass is 10.0. The zero-order chi connectivity index (χ0) is 14.3. The van der Waals surface area contributed by atoms with Crippen molar-refractivity contribution in [3.63, 3.8) is 0 Å². The van der Waals surface area contributed by atoms with E-state index in [1.807, 2.05) is 23.6 Å². The van der Waals surface area contributed by atoms with Gasteiger partial charge in [-0.25, -0.2) is 4.98 Å². The number of H-pyrrole nitrogens is 1. The molecule has 6 nitrogen and oxygen atoms in total. The third-order valence-corrected chi connectivity index (χ3v) is 4.14. The van der Waals surface area contributed by atoms with Crippen LogP contribution < -0.4 is 0 Å². The fraction of sp³-hybridized carbons (Fsp3) is 0.500. The number of nitrogens with one attached hydrogen (secondary N) is 1. The first-order valence-corrected chi connectivity index (χ1v) is 6.89. The first-order valence-electron chi connectivity index (χ1n) is 6.89. The van der Waals surface area contributed by atoms with E-state index in [4.69, 9.17) is 0 Å². The van der Waals surface area contributed by atoms with Gasteiger partial charge in [0.05, 0.1) is 24.3 Å². The number of aromatic nitrogens is 4. The number of imidazole rings is 1. The highest BCUT2D eigenvalue weighted by molar-refractivity contribution is 5.92. The standard InChI is InChI=1S/C14H19N5O/c1-9-13(10(2)18(3)17-9)12-5-4-6-19(12)14(20)11-7-15-8-16-11/h7-8,12H,4-6H2,1-3H3,(H,15,16). The molecule has 2 aromatic rings. The molecule has 0 saturated carbocycles. The third-order valence-electron chi connectivity index (χ3n) is 4.14. The van der Waals surface area contributed by atoms with Gasteiger partial charge in [0.2, 0.25) is 0 Å². The minimum absolute atomic E-state index is 0.0210. The normalized spacial score (nSPS) is 18.8. The Morgan fingerprint density at radius 2 is 2.25 bits per heavy atom. The van der Waals surface area contributed by atoms with E-state index in [0.717, 1.165) is 30.8 Å². The van der Waals surface area contributed by atoms with Crippen LogP contribution in [-0.2, 0) is 7.05 Å². The maximum Gasteiger partial charge on any atom is 0.272 e. The molecule has 2 aromatic heterocycles. The van der Waals surface area contributed by atoms with E-state index in [-0.39, 0.29) is 11.9 Å².